The Bertz CT molecular complexity index is 737. The lowest BCUT2D eigenvalue weighted by Crippen LogP contribution is -2.48. The summed E-state index contributed by atoms with van der Waals surface area (Å²) in [6, 6.07) is 12.8. The highest BCUT2D eigenvalue weighted by Crippen LogP contribution is 2.18. The van der Waals surface area contributed by atoms with Crippen molar-refractivity contribution in [3.63, 3.8) is 0 Å². The lowest BCUT2D eigenvalue weighted by molar-refractivity contribution is -0.129. The summed E-state index contributed by atoms with van der Waals surface area (Å²) in [5, 5.41) is 14.4. The van der Waals surface area contributed by atoms with Crippen LogP contribution in [0, 0.1) is 0 Å². The number of rotatable bonds is 8. The molecule has 0 spiro atoms. The van der Waals surface area contributed by atoms with E-state index in [4.69, 9.17) is 0 Å². The monoisotopic (exact) mass is 356 g/mol. The number of carbonyl (C=O) groups is 2. The number of hydrogen-bond donors (Lipinski definition) is 3. The molecule has 3 N–H and O–H groups in total. The fourth-order valence-electron chi connectivity index (χ4n) is 2.59. The van der Waals surface area contributed by atoms with Gasteiger partial charge in [-0.15, -0.1) is 0 Å². The predicted molar refractivity (Wildman–Crippen MR) is 99.3 cm³/mol. The van der Waals surface area contributed by atoms with E-state index in [1.807, 2.05) is 48.3 Å². The van der Waals surface area contributed by atoms with E-state index in [-0.39, 0.29) is 12.5 Å². The molecular formula is C19H24N4O3. The van der Waals surface area contributed by atoms with Gasteiger partial charge in [-0.2, -0.15) is 0 Å². The van der Waals surface area contributed by atoms with Gasteiger partial charge in [0.05, 0.1) is 6.61 Å². The van der Waals surface area contributed by atoms with Crippen molar-refractivity contribution in [2.45, 2.75) is 26.1 Å². The number of hydrogen-bond acceptors (Lipinski definition) is 5. The van der Waals surface area contributed by atoms with E-state index < -0.39 is 18.6 Å². The number of aromatic nitrogens is 1. The Labute approximate surface area is 153 Å². The Morgan fingerprint density at radius 3 is 2.58 bits per heavy atom. The summed E-state index contributed by atoms with van der Waals surface area (Å²) in [5.74, 6) is -0.0520. The van der Waals surface area contributed by atoms with Gasteiger partial charge in [-0.05, 0) is 11.6 Å². The molecule has 1 heterocycles. The topological polar surface area (TPSA) is 94.6 Å². The maximum atomic E-state index is 12.1. The van der Waals surface area contributed by atoms with Gasteiger partial charge in [0.15, 0.2) is 0 Å². The number of aliphatic hydroxyl groups excluding tert-OH is 1. The molecule has 0 aliphatic heterocycles. The molecule has 7 heteroatoms. The first kappa shape index (κ1) is 19.4. The van der Waals surface area contributed by atoms with Crippen molar-refractivity contribution in [3.8, 4) is 0 Å². The molecule has 0 aliphatic carbocycles. The fourth-order valence-corrected chi connectivity index (χ4v) is 2.59. The minimum atomic E-state index is -0.963. The summed E-state index contributed by atoms with van der Waals surface area (Å²) in [5.41, 5.74) is 2.00. The third kappa shape index (κ3) is 5.56. The summed E-state index contributed by atoms with van der Waals surface area (Å²) in [4.78, 5) is 29.7. The summed E-state index contributed by atoms with van der Waals surface area (Å²) in [6.07, 6.45) is 1.70. The van der Waals surface area contributed by atoms with Crippen LogP contribution in [0.3, 0.4) is 0 Å². The lowest BCUT2D eigenvalue weighted by Gasteiger charge is -2.22. The maximum absolute atomic E-state index is 12.1. The second-order valence-electron chi connectivity index (χ2n) is 5.98. The standard InChI is InChI=1S/C19H24N4O3/c1-14(25)22-17(13-24)19(26)21-11-16-9-6-10-20-18(16)23(2)12-15-7-4-3-5-8-15/h3-10,17,24H,11-13H2,1-2H3,(H,21,26)(H,22,25)/t17-/m0/s1. The largest absolute Gasteiger partial charge is 0.394 e. The van der Waals surface area contributed by atoms with Crippen LogP contribution in [0.25, 0.3) is 0 Å². The average Bonchev–Trinajstić information content (AvgIpc) is 2.65. The number of anilines is 1. The van der Waals surface area contributed by atoms with Crippen molar-refractivity contribution in [2.24, 2.45) is 0 Å². The number of pyridine rings is 1. The summed E-state index contributed by atoms with van der Waals surface area (Å²) in [7, 11) is 1.94. The minimum Gasteiger partial charge on any atom is -0.394 e. The fraction of sp³-hybridized carbons (Fsp3) is 0.316. The summed E-state index contributed by atoms with van der Waals surface area (Å²) >= 11 is 0. The molecule has 2 aromatic rings. The van der Waals surface area contributed by atoms with Crippen LogP contribution in [0.1, 0.15) is 18.1 Å². The van der Waals surface area contributed by atoms with Gasteiger partial charge in [-0.3, -0.25) is 9.59 Å². The Kier molecular flexibility index (Phi) is 7.11. The van der Waals surface area contributed by atoms with Crippen molar-refractivity contribution in [2.75, 3.05) is 18.6 Å². The molecule has 0 aliphatic rings. The summed E-state index contributed by atoms with van der Waals surface area (Å²) in [6.45, 7) is 1.77. The zero-order valence-corrected chi connectivity index (χ0v) is 15.0. The molecule has 0 fully saturated rings. The predicted octanol–water partition coefficient (Wildman–Crippen LogP) is 0.831. The van der Waals surface area contributed by atoms with Crippen LogP contribution in [0.4, 0.5) is 5.82 Å². The molecule has 1 aromatic heterocycles. The highest BCUT2D eigenvalue weighted by Gasteiger charge is 2.18. The van der Waals surface area contributed by atoms with E-state index in [9.17, 15) is 14.7 Å². The van der Waals surface area contributed by atoms with Crippen LogP contribution >= 0.6 is 0 Å². The minimum absolute atomic E-state index is 0.247. The molecular weight excluding hydrogens is 332 g/mol. The van der Waals surface area contributed by atoms with Gasteiger partial charge in [-0.25, -0.2) is 4.98 Å². The molecule has 1 atom stereocenters. The van der Waals surface area contributed by atoms with Gasteiger partial charge >= 0.3 is 0 Å². The molecule has 2 amide bonds. The van der Waals surface area contributed by atoms with E-state index >= 15 is 0 Å². The molecule has 0 radical (unpaired) electrons. The first-order valence-electron chi connectivity index (χ1n) is 8.36. The third-order valence-corrected chi connectivity index (χ3v) is 3.82. The Morgan fingerprint density at radius 2 is 1.92 bits per heavy atom. The van der Waals surface area contributed by atoms with Crippen LogP contribution in [-0.2, 0) is 22.7 Å². The average molecular weight is 356 g/mol. The van der Waals surface area contributed by atoms with Crippen molar-refractivity contribution in [1.82, 2.24) is 15.6 Å². The first-order chi connectivity index (χ1) is 12.5. The number of nitrogens with one attached hydrogen (secondary N) is 2. The van der Waals surface area contributed by atoms with Crippen molar-refractivity contribution in [3.05, 3.63) is 59.8 Å². The highest BCUT2D eigenvalue weighted by atomic mass is 16.3. The van der Waals surface area contributed by atoms with E-state index in [0.29, 0.717) is 6.54 Å². The SMILES string of the molecule is CC(=O)N[C@@H](CO)C(=O)NCc1cccnc1N(C)Cc1ccccc1. The second-order valence-corrected chi connectivity index (χ2v) is 5.98. The second kappa shape index (κ2) is 9.53. The van der Waals surface area contributed by atoms with Gasteiger partial charge in [0.25, 0.3) is 0 Å². The molecule has 0 saturated heterocycles. The zero-order chi connectivity index (χ0) is 18.9. The molecule has 0 saturated carbocycles. The maximum Gasteiger partial charge on any atom is 0.245 e. The number of nitrogens with zero attached hydrogens (tertiary/aromatic N) is 2. The molecule has 7 nitrogen and oxygen atoms in total. The molecule has 26 heavy (non-hydrogen) atoms. The van der Waals surface area contributed by atoms with Gasteiger partial charge < -0.3 is 20.6 Å². The normalized spacial score (nSPS) is 11.5. The van der Waals surface area contributed by atoms with Gasteiger partial charge in [0.1, 0.15) is 11.9 Å². The van der Waals surface area contributed by atoms with Gasteiger partial charge in [0.2, 0.25) is 11.8 Å². The van der Waals surface area contributed by atoms with Gasteiger partial charge in [-0.1, -0.05) is 36.4 Å². The van der Waals surface area contributed by atoms with E-state index in [0.717, 1.165) is 16.9 Å². The quantitative estimate of drug-likeness (QED) is 0.651. The molecule has 0 unspecified atom stereocenters. The molecule has 138 valence electrons. The third-order valence-electron chi connectivity index (χ3n) is 3.82. The van der Waals surface area contributed by atoms with E-state index in [2.05, 4.69) is 15.6 Å². The Morgan fingerprint density at radius 1 is 1.19 bits per heavy atom. The van der Waals surface area contributed by atoms with Crippen LogP contribution < -0.4 is 15.5 Å². The van der Waals surface area contributed by atoms with E-state index in [1.54, 1.807) is 12.3 Å². The smallest absolute Gasteiger partial charge is 0.245 e. The summed E-state index contributed by atoms with van der Waals surface area (Å²) < 4.78 is 0. The molecule has 2 rings (SSSR count). The highest BCUT2D eigenvalue weighted by molar-refractivity contribution is 5.86. The number of benzene rings is 1. The number of aliphatic hydroxyl groups is 1. The Balaban J connectivity index is 2.04. The lowest BCUT2D eigenvalue weighted by atomic mass is 10.2. The van der Waals surface area contributed by atoms with Gasteiger partial charge in [0, 0.05) is 38.8 Å². The number of amides is 2. The van der Waals surface area contributed by atoms with Crippen LogP contribution in [-0.4, -0.2) is 41.6 Å². The zero-order valence-electron chi connectivity index (χ0n) is 15.0. The van der Waals surface area contributed by atoms with Crippen LogP contribution in [0.5, 0.6) is 0 Å². The van der Waals surface area contributed by atoms with Crippen molar-refractivity contribution < 1.29 is 14.7 Å². The number of carbonyl (C=O) groups excluding carboxylic acids is 2. The van der Waals surface area contributed by atoms with Crippen LogP contribution in [0.2, 0.25) is 0 Å². The molecule has 1 aromatic carbocycles. The van der Waals surface area contributed by atoms with E-state index in [1.165, 1.54) is 6.92 Å². The van der Waals surface area contributed by atoms with Crippen molar-refractivity contribution >= 4 is 17.6 Å². The molecule has 0 bridgehead atoms. The first-order valence-corrected chi connectivity index (χ1v) is 8.36. The van der Waals surface area contributed by atoms with Crippen LogP contribution in [0.15, 0.2) is 48.7 Å². The van der Waals surface area contributed by atoms with Crippen molar-refractivity contribution in [1.29, 1.82) is 0 Å². The Hall–Kier alpha value is -2.93.